The molecule has 0 aromatic heterocycles. The molecule has 2 aromatic rings. The number of nitrogens with one attached hydrogen (secondary N) is 1. The number of guanidine groups is 1. The van der Waals surface area contributed by atoms with Gasteiger partial charge in [0.05, 0.1) is 13.2 Å². The minimum Gasteiger partial charge on any atom is -0.406 e. The predicted octanol–water partition coefficient (Wildman–Crippen LogP) is 4.05. The fourth-order valence-electron chi connectivity index (χ4n) is 2.06. The molecule has 26 heavy (non-hydrogen) atoms. The third kappa shape index (κ3) is 7.02. The topological polar surface area (TPSA) is 68.9 Å². The van der Waals surface area contributed by atoms with Gasteiger partial charge in [0.15, 0.2) is 5.96 Å². The second-order valence-electron chi connectivity index (χ2n) is 5.35. The smallest absolute Gasteiger partial charge is 0.406 e. The Hall–Kier alpha value is -2.74. The van der Waals surface area contributed by atoms with Crippen LogP contribution in [-0.2, 0) is 17.9 Å². The van der Waals surface area contributed by atoms with Gasteiger partial charge in [0.2, 0.25) is 0 Å². The Morgan fingerprint density at radius 3 is 2.23 bits per heavy atom. The van der Waals surface area contributed by atoms with E-state index >= 15 is 0 Å². The predicted molar refractivity (Wildman–Crippen MR) is 93.8 cm³/mol. The summed E-state index contributed by atoms with van der Waals surface area (Å²) in [5.41, 5.74) is 8.36. The molecule has 2 aromatic carbocycles. The van der Waals surface area contributed by atoms with E-state index in [1.165, 1.54) is 24.3 Å². The number of rotatable bonds is 7. The summed E-state index contributed by atoms with van der Waals surface area (Å²) in [7, 11) is 0. The summed E-state index contributed by atoms with van der Waals surface area (Å²) < 4.78 is 45.5. The number of hydrogen-bond acceptors (Lipinski definition) is 3. The van der Waals surface area contributed by atoms with Gasteiger partial charge in [-0.2, -0.15) is 0 Å². The number of nitrogens with zero attached hydrogens (tertiary/aromatic N) is 1. The average molecular weight is 367 g/mol. The quantitative estimate of drug-likeness (QED) is 0.572. The second kappa shape index (κ2) is 9.10. The Kier molecular flexibility index (Phi) is 6.85. The van der Waals surface area contributed by atoms with Crippen LogP contribution >= 0.6 is 0 Å². The molecular weight excluding hydrogens is 347 g/mol. The Morgan fingerprint density at radius 1 is 1.04 bits per heavy atom. The van der Waals surface area contributed by atoms with E-state index in [4.69, 9.17) is 10.5 Å². The Bertz CT molecular complexity index is 714. The van der Waals surface area contributed by atoms with Gasteiger partial charge < -0.3 is 20.5 Å². The normalized spacial score (nSPS) is 12.1. The van der Waals surface area contributed by atoms with Crippen LogP contribution < -0.4 is 15.8 Å². The van der Waals surface area contributed by atoms with Gasteiger partial charge in [-0.05, 0) is 42.3 Å². The zero-order valence-corrected chi connectivity index (χ0v) is 14.2. The minimum atomic E-state index is -4.71. The van der Waals surface area contributed by atoms with Crippen molar-refractivity contribution in [3.8, 4) is 5.75 Å². The number of aliphatic imine (C=N–C) groups is 1. The molecule has 0 heterocycles. The first-order valence-corrected chi connectivity index (χ1v) is 7.94. The molecule has 0 atom stereocenters. The Morgan fingerprint density at radius 2 is 1.65 bits per heavy atom. The number of halogens is 3. The van der Waals surface area contributed by atoms with Gasteiger partial charge in [-0.15, -0.1) is 13.2 Å². The van der Waals surface area contributed by atoms with Crippen LogP contribution in [0.1, 0.15) is 18.1 Å². The van der Waals surface area contributed by atoms with Gasteiger partial charge in [0.1, 0.15) is 5.75 Å². The van der Waals surface area contributed by atoms with Crippen molar-refractivity contribution in [2.24, 2.45) is 10.7 Å². The van der Waals surface area contributed by atoms with Crippen LogP contribution in [-0.4, -0.2) is 18.9 Å². The number of anilines is 1. The third-order valence-corrected chi connectivity index (χ3v) is 3.29. The van der Waals surface area contributed by atoms with Crippen molar-refractivity contribution in [1.29, 1.82) is 0 Å². The molecule has 3 N–H and O–H groups in total. The molecule has 0 bridgehead atoms. The molecule has 0 amide bonds. The highest BCUT2D eigenvalue weighted by Gasteiger charge is 2.30. The molecule has 0 saturated carbocycles. The highest BCUT2D eigenvalue weighted by atomic mass is 19.4. The lowest BCUT2D eigenvalue weighted by molar-refractivity contribution is -0.274. The summed E-state index contributed by atoms with van der Waals surface area (Å²) in [6, 6.07) is 13.0. The molecule has 8 heteroatoms. The van der Waals surface area contributed by atoms with E-state index in [9.17, 15) is 13.2 Å². The molecule has 140 valence electrons. The fourth-order valence-corrected chi connectivity index (χ4v) is 2.06. The van der Waals surface area contributed by atoms with Gasteiger partial charge >= 0.3 is 6.36 Å². The Labute approximate surface area is 149 Å². The Balaban J connectivity index is 1.87. The van der Waals surface area contributed by atoms with Crippen molar-refractivity contribution in [2.45, 2.75) is 26.4 Å². The first-order chi connectivity index (χ1) is 12.4. The van der Waals surface area contributed by atoms with E-state index < -0.39 is 6.36 Å². The van der Waals surface area contributed by atoms with Crippen LogP contribution in [0.15, 0.2) is 53.5 Å². The lowest BCUT2D eigenvalue weighted by atomic mass is 10.1. The maximum Gasteiger partial charge on any atom is 0.573 e. The van der Waals surface area contributed by atoms with E-state index in [2.05, 4.69) is 15.0 Å². The monoisotopic (exact) mass is 367 g/mol. The lowest BCUT2D eigenvalue weighted by Gasteiger charge is -2.10. The van der Waals surface area contributed by atoms with E-state index in [0.29, 0.717) is 25.4 Å². The van der Waals surface area contributed by atoms with Gasteiger partial charge in [0, 0.05) is 12.3 Å². The SMILES string of the molecule is CCOCc1ccc(CN=C(N)Nc2ccc(OC(F)(F)F)cc2)cc1. The number of alkyl halides is 3. The zero-order valence-electron chi connectivity index (χ0n) is 14.2. The minimum absolute atomic E-state index is 0.160. The summed E-state index contributed by atoms with van der Waals surface area (Å²) in [4.78, 5) is 4.20. The molecule has 0 spiro atoms. The summed E-state index contributed by atoms with van der Waals surface area (Å²) >= 11 is 0. The van der Waals surface area contributed by atoms with Crippen molar-refractivity contribution < 1.29 is 22.6 Å². The average Bonchev–Trinajstić information content (AvgIpc) is 2.59. The summed E-state index contributed by atoms with van der Waals surface area (Å²) in [5.74, 6) is -0.140. The molecule has 5 nitrogen and oxygen atoms in total. The highest BCUT2D eigenvalue weighted by molar-refractivity contribution is 5.92. The van der Waals surface area contributed by atoms with Crippen LogP contribution in [0.5, 0.6) is 5.75 Å². The molecular formula is C18H20F3N3O2. The lowest BCUT2D eigenvalue weighted by Crippen LogP contribution is -2.22. The van der Waals surface area contributed by atoms with Crippen LogP contribution in [0.4, 0.5) is 18.9 Å². The van der Waals surface area contributed by atoms with Crippen LogP contribution in [0.25, 0.3) is 0 Å². The first kappa shape index (κ1) is 19.6. The third-order valence-electron chi connectivity index (χ3n) is 3.29. The second-order valence-corrected chi connectivity index (χ2v) is 5.35. The molecule has 0 aliphatic rings. The van der Waals surface area contributed by atoms with Crippen molar-refractivity contribution in [2.75, 3.05) is 11.9 Å². The number of nitrogens with two attached hydrogens (primary N) is 1. The van der Waals surface area contributed by atoms with E-state index in [1.54, 1.807) is 0 Å². The molecule has 0 fully saturated rings. The van der Waals surface area contributed by atoms with E-state index in [1.807, 2.05) is 31.2 Å². The number of hydrogen-bond donors (Lipinski definition) is 2. The van der Waals surface area contributed by atoms with Crippen LogP contribution in [0.3, 0.4) is 0 Å². The summed E-state index contributed by atoms with van der Waals surface area (Å²) in [6.07, 6.45) is -4.71. The molecule has 0 aliphatic heterocycles. The summed E-state index contributed by atoms with van der Waals surface area (Å²) in [5, 5.41) is 2.81. The number of benzene rings is 2. The highest BCUT2D eigenvalue weighted by Crippen LogP contribution is 2.23. The van der Waals surface area contributed by atoms with E-state index in [0.717, 1.165) is 11.1 Å². The van der Waals surface area contributed by atoms with Crippen molar-refractivity contribution >= 4 is 11.6 Å². The van der Waals surface area contributed by atoms with Crippen LogP contribution in [0.2, 0.25) is 0 Å². The fraction of sp³-hybridized carbons (Fsp3) is 0.278. The van der Waals surface area contributed by atoms with Crippen molar-refractivity contribution in [1.82, 2.24) is 0 Å². The zero-order chi connectivity index (χ0) is 19.0. The van der Waals surface area contributed by atoms with Gasteiger partial charge in [-0.1, -0.05) is 24.3 Å². The van der Waals surface area contributed by atoms with Crippen molar-refractivity contribution in [3.05, 3.63) is 59.7 Å². The maximum atomic E-state index is 12.1. The molecule has 0 radical (unpaired) electrons. The van der Waals surface area contributed by atoms with Crippen LogP contribution in [0, 0.1) is 0 Å². The molecule has 2 rings (SSSR count). The molecule has 0 saturated heterocycles. The largest absolute Gasteiger partial charge is 0.573 e. The maximum absolute atomic E-state index is 12.1. The van der Waals surface area contributed by atoms with Crippen molar-refractivity contribution in [3.63, 3.8) is 0 Å². The summed E-state index contributed by atoms with van der Waals surface area (Å²) in [6.45, 7) is 3.55. The molecule has 0 aliphatic carbocycles. The van der Waals surface area contributed by atoms with Gasteiger partial charge in [-0.25, -0.2) is 4.99 Å². The standard InChI is InChI=1S/C18H20F3N3O2/c1-2-25-12-14-5-3-13(4-6-14)11-23-17(22)24-15-7-9-16(10-8-15)26-18(19,20)21/h3-10H,2,11-12H2,1H3,(H3,22,23,24). The van der Waals surface area contributed by atoms with E-state index in [-0.39, 0.29) is 11.7 Å². The van der Waals surface area contributed by atoms with Gasteiger partial charge in [-0.3, -0.25) is 0 Å². The number of ether oxygens (including phenoxy) is 2. The van der Waals surface area contributed by atoms with Gasteiger partial charge in [0.25, 0.3) is 0 Å². The first-order valence-electron chi connectivity index (χ1n) is 7.94. The molecule has 0 unspecified atom stereocenters.